The van der Waals surface area contributed by atoms with Crippen LogP contribution < -0.4 is 10.1 Å². The summed E-state index contributed by atoms with van der Waals surface area (Å²) in [6.45, 7) is 3.52. The topological polar surface area (TPSA) is 75.0 Å². The van der Waals surface area contributed by atoms with E-state index in [1.54, 1.807) is 49.5 Å². The quantitative estimate of drug-likeness (QED) is 0.934. The number of hydrogen-bond acceptors (Lipinski definition) is 4. The standard InChI is InChI=1S/C16H15N3O2/c1-11-9-14(7-8-18-11)19-16(20)12(2)21-15-5-3-13(10-17)4-6-15/h3-9,12H,1-2H3,(H,18,19,20). The molecule has 5 nitrogen and oxygen atoms in total. The minimum Gasteiger partial charge on any atom is -0.481 e. The monoisotopic (exact) mass is 281 g/mol. The molecule has 0 bridgehead atoms. The molecule has 1 aromatic heterocycles. The zero-order valence-electron chi connectivity index (χ0n) is 11.8. The molecule has 1 heterocycles. The van der Waals surface area contributed by atoms with Crippen LogP contribution in [0.4, 0.5) is 5.69 Å². The molecule has 1 atom stereocenters. The highest BCUT2D eigenvalue weighted by atomic mass is 16.5. The van der Waals surface area contributed by atoms with Crippen LogP contribution in [0.25, 0.3) is 0 Å². The molecule has 0 aliphatic rings. The number of pyridine rings is 1. The Kier molecular flexibility index (Phi) is 4.52. The van der Waals surface area contributed by atoms with Crippen molar-refractivity contribution in [2.24, 2.45) is 0 Å². The molecule has 2 rings (SSSR count). The second-order valence-electron chi connectivity index (χ2n) is 4.57. The number of hydrogen-bond donors (Lipinski definition) is 1. The summed E-state index contributed by atoms with van der Waals surface area (Å²) in [4.78, 5) is 16.1. The maximum absolute atomic E-state index is 12.0. The fraction of sp³-hybridized carbons (Fsp3) is 0.188. The summed E-state index contributed by atoms with van der Waals surface area (Å²) in [6.07, 6.45) is 0.989. The van der Waals surface area contributed by atoms with Gasteiger partial charge in [0.15, 0.2) is 6.10 Å². The van der Waals surface area contributed by atoms with Gasteiger partial charge in [-0.2, -0.15) is 5.26 Å². The molecule has 0 aliphatic heterocycles. The number of aryl methyl sites for hydroxylation is 1. The number of ether oxygens (including phenoxy) is 1. The van der Waals surface area contributed by atoms with Crippen LogP contribution in [-0.2, 0) is 4.79 Å². The molecule has 1 amide bonds. The van der Waals surface area contributed by atoms with Crippen molar-refractivity contribution in [1.82, 2.24) is 4.98 Å². The largest absolute Gasteiger partial charge is 0.481 e. The van der Waals surface area contributed by atoms with Crippen LogP contribution in [0, 0.1) is 18.3 Å². The Morgan fingerprint density at radius 2 is 2.05 bits per heavy atom. The van der Waals surface area contributed by atoms with E-state index in [-0.39, 0.29) is 5.91 Å². The first-order chi connectivity index (χ1) is 10.1. The smallest absolute Gasteiger partial charge is 0.265 e. The second-order valence-corrected chi connectivity index (χ2v) is 4.57. The molecule has 21 heavy (non-hydrogen) atoms. The highest BCUT2D eigenvalue weighted by Gasteiger charge is 2.15. The summed E-state index contributed by atoms with van der Waals surface area (Å²) in [7, 11) is 0. The van der Waals surface area contributed by atoms with Gasteiger partial charge < -0.3 is 10.1 Å². The van der Waals surface area contributed by atoms with Crippen molar-refractivity contribution in [2.45, 2.75) is 20.0 Å². The second kappa shape index (κ2) is 6.53. The van der Waals surface area contributed by atoms with Crippen molar-refractivity contribution in [2.75, 3.05) is 5.32 Å². The van der Waals surface area contributed by atoms with Crippen LogP contribution in [0.15, 0.2) is 42.6 Å². The van der Waals surface area contributed by atoms with Gasteiger partial charge in [0, 0.05) is 17.6 Å². The number of anilines is 1. The number of benzene rings is 1. The Labute approximate surface area is 123 Å². The lowest BCUT2D eigenvalue weighted by Gasteiger charge is -2.14. The SMILES string of the molecule is Cc1cc(NC(=O)C(C)Oc2ccc(C#N)cc2)ccn1. The molecule has 1 unspecified atom stereocenters. The molecule has 106 valence electrons. The molecule has 1 aromatic carbocycles. The van der Waals surface area contributed by atoms with Crippen molar-refractivity contribution >= 4 is 11.6 Å². The zero-order chi connectivity index (χ0) is 15.2. The van der Waals surface area contributed by atoms with Gasteiger partial charge in [-0.15, -0.1) is 0 Å². The van der Waals surface area contributed by atoms with Crippen LogP contribution in [0.5, 0.6) is 5.75 Å². The fourth-order valence-corrected chi connectivity index (χ4v) is 1.73. The molecule has 0 aliphatic carbocycles. The summed E-state index contributed by atoms with van der Waals surface area (Å²) in [5, 5.41) is 11.5. The summed E-state index contributed by atoms with van der Waals surface area (Å²) >= 11 is 0. The average Bonchev–Trinajstić information content (AvgIpc) is 2.48. The van der Waals surface area contributed by atoms with Gasteiger partial charge in [0.25, 0.3) is 5.91 Å². The highest BCUT2D eigenvalue weighted by Crippen LogP contribution is 2.14. The van der Waals surface area contributed by atoms with Crippen LogP contribution >= 0.6 is 0 Å². The first-order valence-corrected chi connectivity index (χ1v) is 6.49. The third-order valence-corrected chi connectivity index (χ3v) is 2.83. The van der Waals surface area contributed by atoms with Gasteiger partial charge in [0.05, 0.1) is 11.6 Å². The molecule has 0 saturated carbocycles. The Morgan fingerprint density at radius 1 is 1.33 bits per heavy atom. The number of carbonyl (C=O) groups is 1. The minimum absolute atomic E-state index is 0.245. The van der Waals surface area contributed by atoms with Crippen LogP contribution in [0.3, 0.4) is 0 Å². The third-order valence-electron chi connectivity index (χ3n) is 2.83. The number of nitrogens with one attached hydrogen (secondary N) is 1. The van der Waals surface area contributed by atoms with Crippen molar-refractivity contribution in [3.8, 4) is 11.8 Å². The number of aromatic nitrogens is 1. The van der Waals surface area contributed by atoms with Gasteiger partial charge in [0.1, 0.15) is 5.75 Å². The lowest BCUT2D eigenvalue weighted by atomic mass is 10.2. The van der Waals surface area contributed by atoms with Gasteiger partial charge in [0.2, 0.25) is 0 Å². The maximum Gasteiger partial charge on any atom is 0.265 e. The molecular weight excluding hydrogens is 266 g/mol. The Bertz CT molecular complexity index is 675. The molecule has 0 fully saturated rings. The average molecular weight is 281 g/mol. The molecule has 0 spiro atoms. The van der Waals surface area contributed by atoms with Crippen LogP contribution in [-0.4, -0.2) is 17.0 Å². The molecule has 1 N–H and O–H groups in total. The van der Waals surface area contributed by atoms with E-state index >= 15 is 0 Å². The molecule has 0 saturated heterocycles. The number of rotatable bonds is 4. The summed E-state index contributed by atoms with van der Waals surface area (Å²) in [5.74, 6) is 0.299. The van der Waals surface area contributed by atoms with Gasteiger partial charge in [-0.25, -0.2) is 0 Å². The van der Waals surface area contributed by atoms with Gasteiger partial charge >= 0.3 is 0 Å². The molecular formula is C16H15N3O2. The third kappa shape index (κ3) is 4.05. The molecule has 2 aromatic rings. The van der Waals surface area contributed by atoms with Crippen LogP contribution in [0.1, 0.15) is 18.2 Å². The van der Waals surface area contributed by atoms with Crippen molar-refractivity contribution in [3.05, 3.63) is 53.9 Å². The highest BCUT2D eigenvalue weighted by molar-refractivity contribution is 5.94. The summed E-state index contributed by atoms with van der Waals surface area (Å²) in [5.41, 5.74) is 2.06. The Morgan fingerprint density at radius 3 is 2.67 bits per heavy atom. The zero-order valence-corrected chi connectivity index (χ0v) is 11.8. The predicted octanol–water partition coefficient (Wildman–Crippen LogP) is 2.67. The fourth-order valence-electron chi connectivity index (χ4n) is 1.73. The van der Waals surface area contributed by atoms with E-state index in [1.807, 2.05) is 13.0 Å². The lowest BCUT2D eigenvalue weighted by molar-refractivity contribution is -0.122. The Balaban J connectivity index is 1.97. The molecule has 0 radical (unpaired) electrons. The molecule has 5 heteroatoms. The van der Waals surface area contributed by atoms with E-state index in [1.165, 1.54) is 0 Å². The Hall–Kier alpha value is -2.87. The predicted molar refractivity (Wildman–Crippen MR) is 78.9 cm³/mol. The minimum atomic E-state index is -0.647. The number of nitrogens with zero attached hydrogens (tertiary/aromatic N) is 2. The van der Waals surface area contributed by atoms with Crippen molar-refractivity contribution < 1.29 is 9.53 Å². The maximum atomic E-state index is 12.0. The van der Waals surface area contributed by atoms with Gasteiger partial charge in [-0.05, 0) is 50.2 Å². The van der Waals surface area contributed by atoms with Gasteiger partial charge in [-0.1, -0.05) is 0 Å². The normalized spacial score (nSPS) is 11.3. The van der Waals surface area contributed by atoms with Crippen LogP contribution in [0.2, 0.25) is 0 Å². The summed E-state index contributed by atoms with van der Waals surface area (Å²) < 4.78 is 5.54. The van der Waals surface area contributed by atoms with E-state index < -0.39 is 6.10 Å². The van der Waals surface area contributed by atoms with E-state index in [2.05, 4.69) is 10.3 Å². The van der Waals surface area contributed by atoms with Crippen molar-refractivity contribution in [1.29, 1.82) is 5.26 Å². The van der Waals surface area contributed by atoms with Crippen molar-refractivity contribution in [3.63, 3.8) is 0 Å². The van der Waals surface area contributed by atoms with E-state index in [4.69, 9.17) is 10.00 Å². The number of amides is 1. The summed E-state index contributed by atoms with van der Waals surface area (Å²) in [6, 6.07) is 12.2. The van der Waals surface area contributed by atoms with E-state index in [0.717, 1.165) is 5.69 Å². The van der Waals surface area contributed by atoms with E-state index in [0.29, 0.717) is 17.0 Å². The lowest BCUT2D eigenvalue weighted by Crippen LogP contribution is -2.30. The first kappa shape index (κ1) is 14.5. The number of carbonyl (C=O) groups excluding carboxylic acids is 1. The first-order valence-electron chi connectivity index (χ1n) is 6.49. The van der Waals surface area contributed by atoms with Gasteiger partial charge in [-0.3, -0.25) is 9.78 Å². The van der Waals surface area contributed by atoms with E-state index in [9.17, 15) is 4.79 Å². The number of nitriles is 1.